The normalized spacial score (nSPS) is 31.9. The molecule has 2 amide bonds. The van der Waals surface area contributed by atoms with E-state index in [4.69, 9.17) is 0 Å². The maximum Gasteiger partial charge on any atom is 0.345 e. The second-order valence-electron chi connectivity index (χ2n) is 5.81. The molecule has 1 aliphatic carbocycles. The zero-order valence-electron chi connectivity index (χ0n) is 12.2. The first-order chi connectivity index (χ1) is 10.8. The summed E-state index contributed by atoms with van der Waals surface area (Å²) in [5.41, 5.74) is 0.725. The van der Waals surface area contributed by atoms with Crippen LogP contribution in [0.15, 0.2) is 77.6 Å². The molecule has 7 rings (SSSR count). The molecule has 0 radical (unpaired) electrons. The number of carbonyl (C=O) groups excluding carboxylic acids is 1. The summed E-state index contributed by atoms with van der Waals surface area (Å²) in [7, 11) is 0. The van der Waals surface area contributed by atoms with Crippen molar-refractivity contribution >= 4 is 12.2 Å². The van der Waals surface area contributed by atoms with Gasteiger partial charge in [-0.05, 0) is 24.1 Å². The average Bonchev–Trinajstić information content (AvgIpc) is 2.86. The molecule has 4 nitrogen and oxygen atoms in total. The Hall–Kier alpha value is -2.62. The number of nitrogens with zero attached hydrogens (tertiary/aromatic N) is 3. The molecule has 0 fully saturated rings. The topological polar surface area (TPSA) is 35.9 Å². The van der Waals surface area contributed by atoms with Crippen molar-refractivity contribution in [2.45, 2.75) is 18.0 Å². The monoisotopic (exact) mass is 291 g/mol. The van der Waals surface area contributed by atoms with Crippen molar-refractivity contribution in [1.82, 2.24) is 9.80 Å². The quantitative estimate of drug-likeness (QED) is 0.688. The predicted octanol–water partition coefficient (Wildman–Crippen LogP) is 2.96. The van der Waals surface area contributed by atoms with Gasteiger partial charge in [0.15, 0.2) is 0 Å². The molecule has 0 N–H and O–H groups in total. The smallest absolute Gasteiger partial charge is 0.345 e. The maximum atomic E-state index is 12.3. The molecule has 6 heterocycles. The van der Waals surface area contributed by atoms with Crippen LogP contribution >= 0.6 is 0 Å². The van der Waals surface area contributed by atoms with E-state index in [9.17, 15) is 4.79 Å². The molecule has 1 atom stereocenters. The van der Waals surface area contributed by atoms with Gasteiger partial charge in [-0.25, -0.2) is 9.79 Å². The highest BCUT2D eigenvalue weighted by molar-refractivity contribution is 5.97. The summed E-state index contributed by atoms with van der Waals surface area (Å²) in [5, 5.41) is 0. The Morgan fingerprint density at radius 1 is 1.14 bits per heavy atom. The van der Waals surface area contributed by atoms with Gasteiger partial charge in [-0.1, -0.05) is 42.5 Å². The molecule has 4 heteroatoms. The molecule has 22 heavy (non-hydrogen) atoms. The first kappa shape index (κ1) is 13.1. The van der Waals surface area contributed by atoms with Crippen LogP contribution in [0.2, 0.25) is 0 Å². The first-order valence-electron chi connectivity index (χ1n) is 7.52. The lowest BCUT2D eigenvalue weighted by atomic mass is 9.90. The van der Waals surface area contributed by atoms with Crippen LogP contribution in [0.3, 0.4) is 0 Å². The molecular formula is C18H17N3O. The summed E-state index contributed by atoms with van der Waals surface area (Å²) in [6.07, 6.45) is 25.2. The van der Waals surface area contributed by atoms with Crippen LogP contribution in [0.5, 0.6) is 0 Å². The third-order valence-electron chi connectivity index (χ3n) is 4.44. The summed E-state index contributed by atoms with van der Waals surface area (Å²) < 4.78 is 0. The van der Waals surface area contributed by atoms with E-state index in [-0.39, 0.29) is 12.1 Å². The minimum Gasteiger partial charge on any atom is -0.354 e. The molecule has 0 aromatic carbocycles. The van der Waals surface area contributed by atoms with Gasteiger partial charge in [0.2, 0.25) is 0 Å². The van der Waals surface area contributed by atoms with Crippen molar-refractivity contribution in [3.05, 3.63) is 72.7 Å². The lowest BCUT2D eigenvalue weighted by molar-refractivity contribution is 0.171. The Bertz CT molecular complexity index is 692. The number of aliphatic imine (C=N–C) groups is 1. The molecule has 7 aliphatic rings. The second-order valence-corrected chi connectivity index (χ2v) is 5.81. The minimum absolute atomic E-state index is 0.0502. The molecule has 0 saturated heterocycles. The zero-order valence-corrected chi connectivity index (χ0v) is 12.2. The van der Waals surface area contributed by atoms with Crippen LogP contribution < -0.4 is 0 Å². The second kappa shape index (κ2) is 4.98. The fourth-order valence-electron chi connectivity index (χ4n) is 3.21. The highest BCUT2D eigenvalue weighted by Gasteiger charge is 2.44. The van der Waals surface area contributed by atoms with Crippen LogP contribution in [0.1, 0.15) is 6.42 Å². The van der Waals surface area contributed by atoms with Crippen LogP contribution in [0.4, 0.5) is 4.79 Å². The lowest BCUT2D eigenvalue weighted by Crippen LogP contribution is -2.53. The number of hydrogen-bond acceptors (Lipinski definition) is 2. The SMILES string of the molecule is O=C1N=CC23C=CN(C=CC=CC=C4C=CC(C=C4)N12)CC3. The number of rotatable bonds is 0. The van der Waals surface area contributed by atoms with E-state index in [1.165, 1.54) is 0 Å². The summed E-state index contributed by atoms with van der Waals surface area (Å²) in [6.45, 7) is 0.859. The zero-order chi connectivity index (χ0) is 15.0. The van der Waals surface area contributed by atoms with Crippen LogP contribution in [-0.4, -0.2) is 40.2 Å². The largest absolute Gasteiger partial charge is 0.354 e. The lowest BCUT2D eigenvalue weighted by Gasteiger charge is -2.41. The fourth-order valence-corrected chi connectivity index (χ4v) is 3.21. The van der Waals surface area contributed by atoms with Gasteiger partial charge in [0.05, 0.1) is 6.04 Å². The first-order valence-corrected chi connectivity index (χ1v) is 7.52. The van der Waals surface area contributed by atoms with Crippen LogP contribution in [0, 0.1) is 0 Å². The number of hydrogen-bond donors (Lipinski definition) is 0. The van der Waals surface area contributed by atoms with E-state index < -0.39 is 5.54 Å². The van der Waals surface area contributed by atoms with Gasteiger partial charge in [0.1, 0.15) is 5.54 Å². The van der Waals surface area contributed by atoms with Gasteiger partial charge in [-0.2, -0.15) is 0 Å². The number of carbonyl (C=O) groups is 1. The van der Waals surface area contributed by atoms with Crippen molar-refractivity contribution in [1.29, 1.82) is 0 Å². The highest BCUT2D eigenvalue weighted by Crippen LogP contribution is 2.33. The summed E-state index contributed by atoms with van der Waals surface area (Å²) in [6, 6.07) is -0.210. The molecule has 0 aromatic heterocycles. The Balaban J connectivity index is 1.80. The minimum atomic E-state index is -0.401. The van der Waals surface area contributed by atoms with E-state index in [2.05, 4.69) is 46.3 Å². The van der Waals surface area contributed by atoms with E-state index in [0.717, 1.165) is 18.5 Å². The molecule has 1 unspecified atom stereocenters. The molecule has 6 aliphatic heterocycles. The summed E-state index contributed by atoms with van der Waals surface area (Å²) >= 11 is 0. The third kappa shape index (κ3) is 2.08. The van der Waals surface area contributed by atoms with Gasteiger partial charge in [0.25, 0.3) is 0 Å². The van der Waals surface area contributed by atoms with Crippen molar-refractivity contribution in [2.24, 2.45) is 4.99 Å². The van der Waals surface area contributed by atoms with Gasteiger partial charge in [-0.3, -0.25) is 4.90 Å². The molecule has 4 bridgehead atoms. The Morgan fingerprint density at radius 3 is 2.77 bits per heavy atom. The Labute approximate surface area is 129 Å². The summed E-state index contributed by atoms with van der Waals surface area (Å²) in [5.74, 6) is 0. The summed E-state index contributed by atoms with van der Waals surface area (Å²) in [4.78, 5) is 20.4. The van der Waals surface area contributed by atoms with E-state index in [1.54, 1.807) is 6.21 Å². The predicted molar refractivity (Wildman–Crippen MR) is 87.4 cm³/mol. The molecular weight excluding hydrogens is 274 g/mol. The van der Waals surface area contributed by atoms with Crippen LogP contribution in [-0.2, 0) is 0 Å². The molecule has 110 valence electrons. The fraction of sp³-hybridized carbons (Fsp3) is 0.222. The number of allylic oxidation sites excluding steroid dienone is 7. The van der Waals surface area contributed by atoms with Gasteiger partial charge >= 0.3 is 6.03 Å². The van der Waals surface area contributed by atoms with Gasteiger partial charge < -0.3 is 4.90 Å². The third-order valence-corrected chi connectivity index (χ3v) is 4.44. The average molecular weight is 291 g/mol. The maximum absolute atomic E-state index is 12.3. The van der Waals surface area contributed by atoms with E-state index in [1.807, 2.05) is 35.5 Å². The van der Waals surface area contributed by atoms with E-state index in [0.29, 0.717) is 0 Å². The van der Waals surface area contributed by atoms with Crippen molar-refractivity contribution in [3.8, 4) is 0 Å². The van der Waals surface area contributed by atoms with Gasteiger partial charge in [0, 0.05) is 25.2 Å². The Morgan fingerprint density at radius 2 is 2.00 bits per heavy atom. The number of urea groups is 1. The number of amides is 2. The molecule has 0 saturated carbocycles. The van der Waals surface area contributed by atoms with E-state index >= 15 is 0 Å². The van der Waals surface area contributed by atoms with Crippen molar-refractivity contribution in [3.63, 3.8) is 0 Å². The van der Waals surface area contributed by atoms with Crippen molar-refractivity contribution in [2.75, 3.05) is 6.54 Å². The standard InChI is InChI=1S/C18H17N3O/c22-17-19-14-18-9-12-20(13-10-18)11-3-1-2-4-15-5-7-16(8-6-15)21(17)18/h1-9,11-12,14,16H,10,13H2. The molecule has 1 spiro atoms. The van der Waals surface area contributed by atoms with Gasteiger partial charge in [-0.15, -0.1) is 0 Å². The molecule has 0 aromatic rings. The van der Waals surface area contributed by atoms with Crippen molar-refractivity contribution < 1.29 is 4.79 Å². The highest BCUT2D eigenvalue weighted by atomic mass is 16.2. The van der Waals surface area contributed by atoms with Crippen LogP contribution in [0.25, 0.3) is 0 Å². The Kier molecular flexibility index (Phi) is 2.96.